The molecule has 0 spiro atoms. The van der Waals surface area contributed by atoms with Crippen molar-refractivity contribution in [3.05, 3.63) is 29.0 Å². The lowest BCUT2D eigenvalue weighted by Crippen LogP contribution is -2.17. The number of benzene rings is 1. The number of aryl methyl sites for hydroxylation is 2. The molecule has 2 heterocycles. The van der Waals surface area contributed by atoms with Crippen LogP contribution in [0.25, 0.3) is 10.9 Å². The molecular weight excluding hydrogens is 256 g/mol. The van der Waals surface area contributed by atoms with Crippen molar-refractivity contribution in [2.45, 2.75) is 26.3 Å². The van der Waals surface area contributed by atoms with Crippen LogP contribution in [0, 0.1) is 19.8 Å². The monoisotopic (exact) mass is 274 g/mol. The minimum absolute atomic E-state index is 0.102. The van der Waals surface area contributed by atoms with Gasteiger partial charge in [-0.2, -0.15) is 0 Å². The highest BCUT2D eigenvalue weighted by molar-refractivity contribution is 5.91. The lowest BCUT2D eigenvalue weighted by molar-refractivity contribution is -0.141. The van der Waals surface area contributed by atoms with E-state index in [1.54, 1.807) is 0 Å². The first-order valence-corrected chi connectivity index (χ1v) is 6.76. The predicted octanol–water partition coefficient (Wildman–Crippen LogP) is 2.23. The van der Waals surface area contributed by atoms with Crippen LogP contribution in [0.2, 0.25) is 0 Å². The first kappa shape index (κ1) is 13.0. The molecule has 1 fully saturated rings. The van der Waals surface area contributed by atoms with Crippen LogP contribution in [0.15, 0.2) is 12.1 Å². The molecule has 5 nitrogen and oxygen atoms in total. The lowest BCUT2D eigenvalue weighted by atomic mass is 9.97. The second kappa shape index (κ2) is 4.52. The largest absolute Gasteiger partial charge is 0.507 e. The molecule has 5 heteroatoms. The number of aromatic amines is 1. The molecule has 1 saturated heterocycles. The normalized spacial score (nSPS) is 22.5. The number of fused-ring (bicyclic) bond motifs is 1. The first-order valence-electron chi connectivity index (χ1n) is 6.76. The standard InChI is InChI=1S/C15H18N2O3/c1-7-8(2)17-11-4-3-10(14(18)13(7)11)12-5-9(6-16-12)15(19)20/h3-4,9,12,16-18H,5-6H2,1-2H3,(H,19,20). The van der Waals surface area contributed by atoms with E-state index in [1.165, 1.54) is 0 Å². The van der Waals surface area contributed by atoms with Gasteiger partial charge in [-0.15, -0.1) is 0 Å². The SMILES string of the molecule is Cc1[nH]c2ccc(C3CC(C(=O)O)CN3)c(O)c2c1C. The minimum atomic E-state index is -0.783. The Bertz CT molecular complexity index is 690. The molecule has 0 amide bonds. The number of phenolic OH excluding ortho intramolecular Hbond substituents is 1. The molecule has 0 bridgehead atoms. The second-order valence-corrected chi connectivity index (χ2v) is 5.53. The summed E-state index contributed by atoms with van der Waals surface area (Å²) in [5, 5.41) is 23.6. The number of phenols is 1. The highest BCUT2D eigenvalue weighted by atomic mass is 16.4. The Labute approximate surface area is 116 Å². The van der Waals surface area contributed by atoms with Gasteiger partial charge in [0.2, 0.25) is 0 Å². The molecule has 2 aromatic rings. The summed E-state index contributed by atoms with van der Waals surface area (Å²) >= 11 is 0. The van der Waals surface area contributed by atoms with Gasteiger partial charge in [-0.1, -0.05) is 6.07 Å². The van der Waals surface area contributed by atoms with Crippen LogP contribution in [0.1, 0.15) is 29.3 Å². The zero-order valence-electron chi connectivity index (χ0n) is 11.5. The fourth-order valence-electron chi connectivity index (χ4n) is 3.02. The van der Waals surface area contributed by atoms with Crippen molar-refractivity contribution in [1.29, 1.82) is 0 Å². The summed E-state index contributed by atoms with van der Waals surface area (Å²) in [6.07, 6.45) is 0.511. The number of H-pyrrole nitrogens is 1. The zero-order chi connectivity index (χ0) is 14.4. The molecule has 1 aromatic heterocycles. The maximum atomic E-state index is 11.0. The van der Waals surface area contributed by atoms with Gasteiger partial charge in [-0.3, -0.25) is 4.79 Å². The summed E-state index contributed by atoms with van der Waals surface area (Å²) in [6.45, 7) is 4.39. The fraction of sp³-hybridized carbons (Fsp3) is 0.400. The summed E-state index contributed by atoms with van der Waals surface area (Å²) in [5.41, 5.74) is 3.76. The maximum Gasteiger partial charge on any atom is 0.307 e. The number of aliphatic carboxylic acids is 1. The van der Waals surface area contributed by atoms with Crippen LogP contribution in [0.3, 0.4) is 0 Å². The van der Waals surface area contributed by atoms with Crippen LogP contribution in [-0.4, -0.2) is 27.7 Å². The van der Waals surface area contributed by atoms with Gasteiger partial charge in [0.15, 0.2) is 0 Å². The van der Waals surface area contributed by atoms with Crippen molar-refractivity contribution in [1.82, 2.24) is 10.3 Å². The van der Waals surface area contributed by atoms with Gasteiger partial charge in [0.05, 0.1) is 5.92 Å². The van der Waals surface area contributed by atoms with Gasteiger partial charge in [0.25, 0.3) is 0 Å². The van der Waals surface area contributed by atoms with Crippen molar-refractivity contribution >= 4 is 16.9 Å². The van der Waals surface area contributed by atoms with Crippen molar-refractivity contribution in [2.75, 3.05) is 6.54 Å². The molecule has 3 rings (SSSR count). The smallest absolute Gasteiger partial charge is 0.307 e. The van der Waals surface area contributed by atoms with Crippen molar-refractivity contribution in [3.8, 4) is 5.75 Å². The maximum absolute atomic E-state index is 11.0. The van der Waals surface area contributed by atoms with E-state index >= 15 is 0 Å². The summed E-state index contributed by atoms with van der Waals surface area (Å²) in [7, 11) is 0. The topological polar surface area (TPSA) is 85.4 Å². The van der Waals surface area contributed by atoms with Crippen LogP contribution < -0.4 is 5.32 Å². The molecular formula is C15H18N2O3. The number of hydrogen-bond acceptors (Lipinski definition) is 3. The number of aromatic hydroxyl groups is 1. The van der Waals surface area contributed by atoms with E-state index < -0.39 is 5.97 Å². The molecule has 2 atom stereocenters. The number of carboxylic acid groups (broad SMARTS) is 1. The summed E-state index contributed by atoms with van der Waals surface area (Å²) in [4.78, 5) is 14.3. The van der Waals surface area contributed by atoms with Gasteiger partial charge >= 0.3 is 5.97 Å². The van der Waals surface area contributed by atoms with Crippen LogP contribution in [0.4, 0.5) is 0 Å². The van der Waals surface area contributed by atoms with E-state index in [4.69, 9.17) is 5.11 Å². The molecule has 0 aliphatic carbocycles. The second-order valence-electron chi connectivity index (χ2n) is 5.53. The quantitative estimate of drug-likeness (QED) is 0.676. The van der Waals surface area contributed by atoms with E-state index in [0.717, 1.165) is 27.7 Å². The van der Waals surface area contributed by atoms with Crippen molar-refractivity contribution in [3.63, 3.8) is 0 Å². The molecule has 106 valence electrons. The van der Waals surface area contributed by atoms with E-state index in [2.05, 4.69) is 10.3 Å². The third-order valence-corrected chi connectivity index (χ3v) is 4.32. The fourth-order valence-corrected chi connectivity index (χ4v) is 3.02. The molecule has 20 heavy (non-hydrogen) atoms. The third-order valence-electron chi connectivity index (χ3n) is 4.32. The van der Waals surface area contributed by atoms with Crippen molar-refractivity contribution < 1.29 is 15.0 Å². The Balaban J connectivity index is 2.03. The average Bonchev–Trinajstić information content (AvgIpc) is 2.97. The first-order chi connectivity index (χ1) is 9.49. The van der Waals surface area contributed by atoms with Gasteiger partial charge in [-0.05, 0) is 31.9 Å². The van der Waals surface area contributed by atoms with Crippen molar-refractivity contribution in [2.24, 2.45) is 5.92 Å². The Hall–Kier alpha value is -2.01. The number of rotatable bonds is 2. The summed E-state index contributed by atoms with van der Waals surface area (Å²) < 4.78 is 0. The number of aromatic nitrogens is 1. The number of carboxylic acids is 1. The molecule has 0 radical (unpaired) electrons. The Morgan fingerprint density at radius 3 is 2.75 bits per heavy atom. The van der Waals surface area contributed by atoms with Crippen LogP contribution in [-0.2, 0) is 4.79 Å². The van der Waals surface area contributed by atoms with E-state index in [1.807, 2.05) is 26.0 Å². The van der Waals surface area contributed by atoms with E-state index in [0.29, 0.717) is 13.0 Å². The number of nitrogens with one attached hydrogen (secondary N) is 2. The summed E-state index contributed by atoms with van der Waals surface area (Å²) in [6, 6.07) is 3.71. The highest BCUT2D eigenvalue weighted by Gasteiger charge is 2.32. The average molecular weight is 274 g/mol. The lowest BCUT2D eigenvalue weighted by Gasteiger charge is -2.13. The Kier molecular flexibility index (Phi) is 2.94. The van der Waals surface area contributed by atoms with Crippen LogP contribution in [0.5, 0.6) is 5.75 Å². The molecule has 4 N–H and O–H groups in total. The highest BCUT2D eigenvalue weighted by Crippen LogP contribution is 2.39. The number of hydrogen-bond donors (Lipinski definition) is 4. The zero-order valence-corrected chi connectivity index (χ0v) is 11.5. The Morgan fingerprint density at radius 1 is 1.35 bits per heavy atom. The minimum Gasteiger partial charge on any atom is -0.507 e. The molecule has 1 aromatic carbocycles. The van der Waals surface area contributed by atoms with Crippen LogP contribution >= 0.6 is 0 Å². The molecule has 2 unspecified atom stereocenters. The van der Waals surface area contributed by atoms with Gasteiger partial charge < -0.3 is 20.5 Å². The van der Waals surface area contributed by atoms with E-state index in [-0.39, 0.29) is 17.7 Å². The van der Waals surface area contributed by atoms with Gasteiger partial charge in [0, 0.05) is 34.7 Å². The predicted molar refractivity (Wildman–Crippen MR) is 75.9 cm³/mol. The Morgan fingerprint density at radius 2 is 2.10 bits per heavy atom. The van der Waals surface area contributed by atoms with Gasteiger partial charge in [0.1, 0.15) is 5.75 Å². The molecule has 1 aliphatic heterocycles. The molecule has 0 saturated carbocycles. The third kappa shape index (κ3) is 1.86. The van der Waals surface area contributed by atoms with Gasteiger partial charge in [-0.25, -0.2) is 0 Å². The van der Waals surface area contributed by atoms with E-state index in [9.17, 15) is 9.90 Å². The number of carbonyl (C=O) groups is 1. The molecule has 1 aliphatic rings. The summed E-state index contributed by atoms with van der Waals surface area (Å²) in [5.74, 6) is -0.911.